The van der Waals surface area contributed by atoms with Crippen LogP contribution in [0.5, 0.6) is 11.5 Å². The molecule has 4 heteroatoms. The smallest absolute Gasteiger partial charge is 0.162 e. The third-order valence-corrected chi connectivity index (χ3v) is 5.33. The summed E-state index contributed by atoms with van der Waals surface area (Å²) in [7, 11) is 0. The van der Waals surface area contributed by atoms with E-state index in [1.807, 2.05) is 17.8 Å². The van der Waals surface area contributed by atoms with Crippen LogP contribution in [0.4, 0.5) is 0 Å². The predicted octanol–water partition coefficient (Wildman–Crippen LogP) is 3.17. The van der Waals surface area contributed by atoms with Gasteiger partial charge in [-0.15, -0.1) is 11.8 Å². The highest BCUT2D eigenvalue weighted by Crippen LogP contribution is 2.42. The Morgan fingerprint density at radius 1 is 1.00 bits per heavy atom. The maximum absolute atomic E-state index is 6.40. The fourth-order valence-corrected chi connectivity index (χ4v) is 4.20. The molecule has 2 atom stereocenters. The first-order valence-corrected chi connectivity index (χ1v) is 8.09. The summed E-state index contributed by atoms with van der Waals surface area (Å²) in [4.78, 5) is 1.19. The minimum atomic E-state index is 0.0967. The summed E-state index contributed by atoms with van der Waals surface area (Å²) in [6.45, 7) is 1.25. The zero-order valence-corrected chi connectivity index (χ0v) is 12.4. The maximum atomic E-state index is 6.40. The topological polar surface area (TPSA) is 44.5 Å². The van der Waals surface area contributed by atoms with Gasteiger partial charge in [0, 0.05) is 16.2 Å². The van der Waals surface area contributed by atoms with E-state index in [0.29, 0.717) is 18.5 Å². The van der Waals surface area contributed by atoms with Crippen molar-refractivity contribution in [1.82, 2.24) is 0 Å². The first-order chi connectivity index (χ1) is 10.3. The van der Waals surface area contributed by atoms with Crippen LogP contribution < -0.4 is 15.2 Å². The Kier molecular flexibility index (Phi) is 3.28. The lowest BCUT2D eigenvalue weighted by atomic mass is 10.1. The molecule has 2 N–H and O–H groups in total. The molecule has 2 aliphatic rings. The second-order valence-corrected chi connectivity index (χ2v) is 6.70. The minimum absolute atomic E-state index is 0.0967. The second-order valence-electron chi connectivity index (χ2n) is 5.39. The number of fused-ring (bicyclic) bond motifs is 2. The number of nitrogens with two attached hydrogens (primary N) is 1. The van der Waals surface area contributed by atoms with Crippen LogP contribution in [-0.2, 0) is 6.42 Å². The second kappa shape index (κ2) is 5.28. The molecule has 0 aromatic heterocycles. The summed E-state index contributed by atoms with van der Waals surface area (Å²) in [5, 5.41) is 0.380. The van der Waals surface area contributed by atoms with Gasteiger partial charge >= 0.3 is 0 Å². The van der Waals surface area contributed by atoms with E-state index < -0.39 is 0 Å². The number of thioether (sulfide) groups is 1. The molecule has 2 aromatic carbocycles. The van der Waals surface area contributed by atoms with Crippen molar-refractivity contribution in [2.75, 3.05) is 13.2 Å². The zero-order chi connectivity index (χ0) is 14.2. The highest BCUT2D eigenvalue weighted by Gasteiger charge is 2.30. The van der Waals surface area contributed by atoms with Gasteiger partial charge in [-0.25, -0.2) is 0 Å². The average Bonchev–Trinajstić information content (AvgIpc) is 2.84. The van der Waals surface area contributed by atoms with Gasteiger partial charge in [0.15, 0.2) is 11.5 Å². The van der Waals surface area contributed by atoms with E-state index >= 15 is 0 Å². The number of hydrogen-bond acceptors (Lipinski definition) is 4. The molecule has 1 aliphatic carbocycles. The van der Waals surface area contributed by atoms with Crippen molar-refractivity contribution in [2.45, 2.75) is 22.6 Å². The maximum Gasteiger partial charge on any atom is 0.162 e. The molecule has 4 rings (SSSR count). The minimum Gasteiger partial charge on any atom is -0.486 e. The summed E-state index contributed by atoms with van der Waals surface area (Å²) < 4.78 is 11.2. The van der Waals surface area contributed by atoms with Crippen LogP contribution in [0.3, 0.4) is 0 Å². The monoisotopic (exact) mass is 299 g/mol. The molecule has 2 unspecified atom stereocenters. The summed E-state index contributed by atoms with van der Waals surface area (Å²) in [5.74, 6) is 1.68. The third kappa shape index (κ3) is 2.39. The van der Waals surface area contributed by atoms with Gasteiger partial charge in [0.05, 0.1) is 0 Å². The third-order valence-electron chi connectivity index (χ3n) is 4.04. The molecule has 0 spiro atoms. The summed E-state index contributed by atoms with van der Waals surface area (Å²) >= 11 is 1.83. The molecule has 0 saturated carbocycles. The van der Waals surface area contributed by atoms with Crippen molar-refractivity contribution in [3.8, 4) is 11.5 Å². The average molecular weight is 299 g/mol. The Morgan fingerprint density at radius 3 is 2.67 bits per heavy atom. The first-order valence-electron chi connectivity index (χ1n) is 7.21. The number of ether oxygens (including phenoxy) is 2. The van der Waals surface area contributed by atoms with E-state index in [-0.39, 0.29) is 6.04 Å². The van der Waals surface area contributed by atoms with Gasteiger partial charge < -0.3 is 15.2 Å². The van der Waals surface area contributed by atoms with Crippen LogP contribution in [0, 0.1) is 0 Å². The van der Waals surface area contributed by atoms with E-state index in [2.05, 4.69) is 36.4 Å². The van der Waals surface area contributed by atoms with Crippen molar-refractivity contribution in [1.29, 1.82) is 0 Å². The summed E-state index contributed by atoms with van der Waals surface area (Å²) in [6, 6.07) is 14.7. The van der Waals surface area contributed by atoms with Crippen LogP contribution >= 0.6 is 11.8 Å². The van der Waals surface area contributed by atoms with Crippen LogP contribution in [0.25, 0.3) is 0 Å². The summed E-state index contributed by atoms with van der Waals surface area (Å²) in [6.07, 6.45) is 1.02. The quantitative estimate of drug-likeness (QED) is 0.925. The lowest BCUT2D eigenvalue weighted by Crippen LogP contribution is -2.19. The van der Waals surface area contributed by atoms with Gasteiger partial charge in [-0.2, -0.15) is 0 Å². The molecule has 0 fully saturated rings. The lowest BCUT2D eigenvalue weighted by Gasteiger charge is -2.20. The zero-order valence-electron chi connectivity index (χ0n) is 11.6. The molecule has 108 valence electrons. The van der Waals surface area contributed by atoms with Crippen molar-refractivity contribution in [3.05, 3.63) is 53.6 Å². The predicted molar refractivity (Wildman–Crippen MR) is 84.2 cm³/mol. The highest BCUT2D eigenvalue weighted by molar-refractivity contribution is 8.00. The van der Waals surface area contributed by atoms with Gasteiger partial charge in [-0.05, 0) is 35.7 Å². The Balaban J connectivity index is 1.55. The fraction of sp³-hybridized carbons (Fsp3) is 0.294. The lowest BCUT2D eigenvalue weighted by molar-refractivity contribution is 0.171. The van der Waals surface area contributed by atoms with Crippen LogP contribution in [0.1, 0.15) is 17.2 Å². The molecule has 0 saturated heterocycles. The van der Waals surface area contributed by atoms with Crippen molar-refractivity contribution in [3.63, 3.8) is 0 Å². The largest absolute Gasteiger partial charge is 0.486 e. The molecule has 2 aromatic rings. The van der Waals surface area contributed by atoms with Gasteiger partial charge in [0.2, 0.25) is 0 Å². The standard InChI is InChI=1S/C17H17NO2S/c18-17-13-4-2-1-3-11(13)9-16(17)21-12-5-6-14-15(10-12)20-8-7-19-14/h1-6,10,16-17H,7-9,18H2. The molecule has 0 amide bonds. The Hall–Kier alpha value is -1.65. The SMILES string of the molecule is NC1c2ccccc2CC1Sc1ccc2c(c1)OCCO2. The molecule has 1 heterocycles. The van der Waals surface area contributed by atoms with E-state index in [0.717, 1.165) is 17.9 Å². The van der Waals surface area contributed by atoms with Crippen LogP contribution in [0.2, 0.25) is 0 Å². The van der Waals surface area contributed by atoms with Gasteiger partial charge in [0.25, 0.3) is 0 Å². The number of benzene rings is 2. The van der Waals surface area contributed by atoms with E-state index in [9.17, 15) is 0 Å². The Labute approximate surface area is 128 Å². The molecule has 1 aliphatic heterocycles. The van der Waals surface area contributed by atoms with E-state index in [1.165, 1.54) is 16.0 Å². The summed E-state index contributed by atoms with van der Waals surface area (Å²) in [5.41, 5.74) is 9.06. The van der Waals surface area contributed by atoms with Crippen LogP contribution in [-0.4, -0.2) is 18.5 Å². The number of hydrogen-bond donors (Lipinski definition) is 1. The molecule has 3 nitrogen and oxygen atoms in total. The highest BCUT2D eigenvalue weighted by atomic mass is 32.2. The van der Waals surface area contributed by atoms with Crippen molar-refractivity contribution in [2.24, 2.45) is 5.73 Å². The molecule has 0 bridgehead atoms. The first kappa shape index (κ1) is 13.0. The van der Waals surface area contributed by atoms with E-state index in [4.69, 9.17) is 15.2 Å². The van der Waals surface area contributed by atoms with Crippen molar-refractivity contribution >= 4 is 11.8 Å². The molecular formula is C17H17NO2S. The number of rotatable bonds is 2. The van der Waals surface area contributed by atoms with Gasteiger partial charge in [0.1, 0.15) is 13.2 Å². The van der Waals surface area contributed by atoms with E-state index in [1.54, 1.807) is 0 Å². The van der Waals surface area contributed by atoms with Crippen molar-refractivity contribution < 1.29 is 9.47 Å². The normalized spacial score (nSPS) is 22.9. The molecule has 0 radical (unpaired) electrons. The van der Waals surface area contributed by atoms with Gasteiger partial charge in [-0.1, -0.05) is 24.3 Å². The molecular weight excluding hydrogens is 282 g/mol. The van der Waals surface area contributed by atoms with Crippen LogP contribution in [0.15, 0.2) is 47.4 Å². The Morgan fingerprint density at radius 2 is 1.81 bits per heavy atom. The fourth-order valence-electron chi connectivity index (χ4n) is 2.98. The Bertz CT molecular complexity index is 674. The van der Waals surface area contributed by atoms with Gasteiger partial charge in [-0.3, -0.25) is 0 Å². The molecule has 21 heavy (non-hydrogen) atoms.